The van der Waals surface area contributed by atoms with Gasteiger partial charge in [0.2, 0.25) is 0 Å². The molecule has 2 aromatic heterocycles. The smallest absolute Gasteiger partial charge is 0.272 e. The summed E-state index contributed by atoms with van der Waals surface area (Å²) in [6.07, 6.45) is 5.52. The van der Waals surface area contributed by atoms with Gasteiger partial charge in [-0.25, -0.2) is 4.68 Å². The first-order valence-corrected chi connectivity index (χ1v) is 8.12. The summed E-state index contributed by atoms with van der Waals surface area (Å²) < 4.78 is 4.61. The summed E-state index contributed by atoms with van der Waals surface area (Å²) in [6, 6.07) is 11.5. The van der Waals surface area contributed by atoms with Crippen LogP contribution in [0.1, 0.15) is 30.4 Å². The van der Waals surface area contributed by atoms with Gasteiger partial charge < -0.3 is 9.88 Å². The maximum absolute atomic E-state index is 12.5. The molecule has 118 valence electrons. The minimum Gasteiger partial charge on any atom is -0.340 e. The van der Waals surface area contributed by atoms with Crippen molar-refractivity contribution in [1.29, 1.82) is 0 Å². The number of hydrogen-bond acceptors (Lipinski definition) is 2. The Bertz CT molecular complexity index is 804. The van der Waals surface area contributed by atoms with Crippen molar-refractivity contribution in [3.8, 4) is 5.69 Å². The van der Waals surface area contributed by atoms with E-state index in [4.69, 9.17) is 0 Å². The van der Waals surface area contributed by atoms with E-state index in [1.54, 1.807) is 10.9 Å². The van der Waals surface area contributed by atoms with Gasteiger partial charge >= 0.3 is 0 Å². The number of amides is 1. The molecule has 0 bridgehead atoms. The highest BCUT2D eigenvalue weighted by molar-refractivity contribution is 9.10. The number of nitrogens with zero attached hydrogens (tertiary/aromatic N) is 3. The van der Waals surface area contributed by atoms with Gasteiger partial charge in [0.25, 0.3) is 5.91 Å². The van der Waals surface area contributed by atoms with Crippen LogP contribution in [0.3, 0.4) is 0 Å². The number of nitrogens with one attached hydrogen (secondary N) is 1. The Morgan fingerprint density at radius 3 is 2.61 bits per heavy atom. The minimum atomic E-state index is -0.128. The van der Waals surface area contributed by atoms with E-state index in [-0.39, 0.29) is 11.9 Å². The Hall–Kier alpha value is -2.34. The van der Waals surface area contributed by atoms with E-state index < -0.39 is 0 Å². The molecule has 1 N–H and O–H groups in total. The summed E-state index contributed by atoms with van der Waals surface area (Å²) in [6.45, 7) is 4.09. The first-order valence-electron chi connectivity index (χ1n) is 7.33. The van der Waals surface area contributed by atoms with E-state index in [9.17, 15) is 4.79 Å². The number of benzene rings is 1. The summed E-state index contributed by atoms with van der Waals surface area (Å²) in [7, 11) is 0. The molecule has 2 heterocycles. The number of carbonyl (C=O) groups excluding carboxylic acids is 1. The molecule has 0 spiro atoms. The number of halogens is 1. The van der Waals surface area contributed by atoms with Gasteiger partial charge in [0.05, 0.1) is 5.69 Å². The van der Waals surface area contributed by atoms with Gasteiger partial charge in [-0.15, -0.1) is 0 Å². The predicted octanol–water partition coefficient (Wildman–Crippen LogP) is 4.27. The molecule has 0 saturated heterocycles. The van der Waals surface area contributed by atoms with Crippen LogP contribution in [0.25, 0.3) is 5.69 Å². The summed E-state index contributed by atoms with van der Waals surface area (Å²) in [5.74, 6) is -0.128. The largest absolute Gasteiger partial charge is 0.340 e. The van der Waals surface area contributed by atoms with Gasteiger partial charge in [-0.3, -0.25) is 4.79 Å². The van der Waals surface area contributed by atoms with E-state index in [1.807, 2.05) is 67.2 Å². The van der Waals surface area contributed by atoms with Gasteiger partial charge in [0.15, 0.2) is 0 Å². The van der Waals surface area contributed by atoms with Crippen molar-refractivity contribution in [1.82, 2.24) is 14.3 Å². The van der Waals surface area contributed by atoms with Gasteiger partial charge in [0, 0.05) is 34.8 Å². The third-order valence-corrected chi connectivity index (χ3v) is 3.93. The van der Waals surface area contributed by atoms with Gasteiger partial charge in [0.1, 0.15) is 5.69 Å². The van der Waals surface area contributed by atoms with Crippen LogP contribution in [-0.2, 0) is 0 Å². The monoisotopic (exact) mass is 372 g/mol. The van der Waals surface area contributed by atoms with E-state index >= 15 is 0 Å². The minimum absolute atomic E-state index is 0.128. The van der Waals surface area contributed by atoms with Crippen molar-refractivity contribution in [3.05, 3.63) is 65.2 Å². The standard InChI is InChI=1S/C17H17BrN4O/c1-12(2)21-11-13(18)10-16(21)17(23)20-14-4-6-15(7-5-14)22-9-3-8-19-22/h3-12H,1-2H3,(H,20,23). The molecule has 3 aromatic rings. The fourth-order valence-corrected chi connectivity index (χ4v) is 2.81. The van der Waals surface area contributed by atoms with E-state index in [0.717, 1.165) is 15.8 Å². The summed E-state index contributed by atoms with van der Waals surface area (Å²) in [4.78, 5) is 12.5. The van der Waals surface area contributed by atoms with Gasteiger partial charge in [-0.05, 0) is 66.2 Å². The van der Waals surface area contributed by atoms with Crippen LogP contribution < -0.4 is 5.32 Å². The first kappa shape index (κ1) is 15.6. The highest BCUT2D eigenvalue weighted by Crippen LogP contribution is 2.21. The third kappa shape index (κ3) is 3.37. The van der Waals surface area contributed by atoms with Crippen molar-refractivity contribution in [2.45, 2.75) is 19.9 Å². The highest BCUT2D eigenvalue weighted by atomic mass is 79.9. The Kier molecular flexibility index (Phi) is 4.34. The molecule has 0 atom stereocenters. The van der Waals surface area contributed by atoms with Crippen molar-refractivity contribution in [3.63, 3.8) is 0 Å². The predicted molar refractivity (Wildman–Crippen MR) is 94.0 cm³/mol. The van der Waals surface area contributed by atoms with Crippen LogP contribution in [0.5, 0.6) is 0 Å². The lowest BCUT2D eigenvalue weighted by Gasteiger charge is -2.13. The highest BCUT2D eigenvalue weighted by Gasteiger charge is 2.15. The maximum atomic E-state index is 12.5. The second kappa shape index (κ2) is 6.42. The maximum Gasteiger partial charge on any atom is 0.272 e. The number of hydrogen-bond donors (Lipinski definition) is 1. The molecular weight excluding hydrogens is 356 g/mol. The lowest BCUT2D eigenvalue weighted by atomic mass is 10.2. The summed E-state index contributed by atoms with van der Waals surface area (Å²) in [5.41, 5.74) is 2.32. The van der Waals surface area contributed by atoms with Crippen molar-refractivity contribution >= 4 is 27.5 Å². The van der Waals surface area contributed by atoms with Gasteiger partial charge in [-0.1, -0.05) is 0 Å². The van der Waals surface area contributed by atoms with Crippen molar-refractivity contribution in [2.24, 2.45) is 0 Å². The lowest BCUT2D eigenvalue weighted by molar-refractivity contribution is 0.101. The molecule has 0 unspecified atom stereocenters. The summed E-state index contributed by atoms with van der Waals surface area (Å²) >= 11 is 3.43. The van der Waals surface area contributed by atoms with Crippen LogP contribution in [-0.4, -0.2) is 20.3 Å². The molecule has 3 rings (SSSR count). The Morgan fingerprint density at radius 1 is 1.26 bits per heavy atom. The lowest BCUT2D eigenvalue weighted by Crippen LogP contribution is -2.17. The number of anilines is 1. The van der Waals surface area contributed by atoms with Crippen LogP contribution in [0.4, 0.5) is 5.69 Å². The fourth-order valence-electron chi connectivity index (χ4n) is 2.37. The molecule has 5 nitrogen and oxygen atoms in total. The van der Waals surface area contributed by atoms with Crippen LogP contribution in [0.15, 0.2) is 59.5 Å². The fraction of sp³-hybridized carbons (Fsp3) is 0.176. The topological polar surface area (TPSA) is 51.9 Å². The van der Waals surface area contributed by atoms with E-state index in [0.29, 0.717) is 5.69 Å². The van der Waals surface area contributed by atoms with Crippen LogP contribution >= 0.6 is 15.9 Å². The third-order valence-electron chi connectivity index (χ3n) is 3.50. The zero-order chi connectivity index (χ0) is 16.4. The molecule has 23 heavy (non-hydrogen) atoms. The number of aromatic nitrogens is 3. The second-order valence-corrected chi connectivity index (χ2v) is 6.41. The van der Waals surface area contributed by atoms with Crippen LogP contribution in [0, 0.1) is 0 Å². The molecule has 1 aromatic carbocycles. The molecule has 6 heteroatoms. The number of rotatable bonds is 4. The molecule has 0 radical (unpaired) electrons. The quantitative estimate of drug-likeness (QED) is 0.743. The first-order chi connectivity index (χ1) is 11.0. The molecule has 0 aliphatic rings. The molecule has 1 amide bonds. The molecular formula is C17H17BrN4O. The molecule has 0 fully saturated rings. The Balaban J connectivity index is 1.78. The van der Waals surface area contributed by atoms with E-state index in [2.05, 4.69) is 26.3 Å². The average molecular weight is 373 g/mol. The Morgan fingerprint density at radius 2 is 2.00 bits per heavy atom. The average Bonchev–Trinajstić information content (AvgIpc) is 3.17. The van der Waals surface area contributed by atoms with Gasteiger partial charge in [-0.2, -0.15) is 5.10 Å². The molecule has 0 aliphatic heterocycles. The Labute approximate surface area is 143 Å². The van der Waals surface area contributed by atoms with Crippen molar-refractivity contribution < 1.29 is 4.79 Å². The SMILES string of the molecule is CC(C)n1cc(Br)cc1C(=O)Nc1ccc(-n2cccn2)cc1. The zero-order valence-corrected chi connectivity index (χ0v) is 14.5. The normalized spacial score (nSPS) is 11.0. The van der Waals surface area contributed by atoms with E-state index in [1.165, 1.54) is 0 Å². The second-order valence-electron chi connectivity index (χ2n) is 5.50. The van der Waals surface area contributed by atoms with Crippen molar-refractivity contribution in [2.75, 3.05) is 5.32 Å². The zero-order valence-electron chi connectivity index (χ0n) is 12.9. The number of carbonyl (C=O) groups is 1. The van der Waals surface area contributed by atoms with Crippen LogP contribution in [0.2, 0.25) is 0 Å². The molecule has 0 aliphatic carbocycles. The molecule has 0 saturated carbocycles. The summed E-state index contributed by atoms with van der Waals surface area (Å²) in [5, 5.41) is 7.11.